The van der Waals surface area contributed by atoms with Crippen LogP contribution in [0.25, 0.3) is 44.6 Å². The number of carbonyl (C=O) groups is 1. The molecule has 0 radical (unpaired) electrons. The van der Waals surface area contributed by atoms with Gasteiger partial charge in [-0.1, -0.05) is 59.8 Å². The van der Waals surface area contributed by atoms with Gasteiger partial charge in [0.05, 0.1) is 68.7 Å². The fourth-order valence-electron chi connectivity index (χ4n) is 6.68. The summed E-state index contributed by atoms with van der Waals surface area (Å²) in [5.41, 5.74) is 3.22. The fourth-order valence-corrected chi connectivity index (χ4v) is 6.68. The van der Waals surface area contributed by atoms with Crippen molar-refractivity contribution in [3.05, 3.63) is 171 Å². The first-order valence-electron chi connectivity index (χ1n) is 20.5. The number of aromatic nitrogens is 3. The van der Waals surface area contributed by atoms with Gasteiger partial charge in [-0.15, -0.1) is 5.10 Å². The number of rotatable bonds is 22. The van der Waals surface area contributed by atoms with Crippen molar-refractivity contribution in [2.75, 3.05) is 46.2 Å². The first kappa shape index (κ1) is 43.1. The number of para-hydroxylation sites is 1. The zero-order valence-corrected chi connectivity index (χ0v) is 34.6. The molecule has 15 heteroatoms. The van der Waals surface area contributed by atoms with Crippen LogP contribution in [0.4, 0.5) is 0 Å². The van der Waals surface area contributed by atoms with Crippen LogP contribution in [0.3, 0.4) is 0 Å². The Balaban J connectivity index is 0.711. The number of carboxylic acids is 1. The van der Waals surface area contributed by atoms with E-state index in [0.29, 0.717) is 109 Å². The van der Waals surface area contributed by atoms with Gasteiger partial charge in [-0.25, -0.2) is 9.48 Å². The van der Waals surface area contributed by atoms with Crippen molar-refractivity contribution in [3.8, 4) is 39.9 Å². The number of benzene rings is 5. The van der Waals surface area contributed by atoms with Crippen LogP contribution < -0.4 is 25.1 Å². The summed E-state index contributed by atoms with van der Waals surface area (Å²) in [7, 11) is 0. The van der Waals surface area contributed by atoms with Crippen LogP contribution in [0.1, 0.15) is 21.6 Å². The molecule has 64 heavy (non-hydrogen) atoms. The first-order chi connectivity index (χ1) is 31.4. The van der Waals surface area contributed by atoms with E-state index in [1.807, 2.05) is 30.3 Å². The van der Waals surface area contributed by atoms with Gasteiger partial charge in [-0.3, -0.25) is 9.59 Å². The standard InChI is InChI=1S/C49H43N3O12/c53-42-29-44(34-8-2-1-3-9-34)63-45-28-39(17-18-40(42)45)61-26-24-59-32-37-30-52(51-50-37)19-20-57-21-22-58-23-25-60-38-15-13-35(14-16-38)47-48(46(54)41-11-4-5-12-43(41)64-47)62-31-33-7-6-10-36(27-33)49(55)56/h1-18,27-30H,19-26,31-32H2,(H,55,56). The predicted molar refractivity (Wildman–Crippen MR) is 236 cm³/mol. The van der Waals surface area contributed by atoms with Gasteiger partial charge >= 0.3 is 5.97 Å². The van der Waals surface area contributed by atoms with Crippen LogP contribution in [-0.4, -0.2) is 72.3 Å². The number of aromatic carboxylic acids is 1. The second kappa shape index (κ2) is 21.0. The minimum absolute atomic E-state index is 0.0233. The zero-order valence-electron chi connectivity index (χ0n) is 34.6. The molecule has 0 atom stereocenters. The lowest BCUT2D eigenvalue weighted by atomic mass is 10.1. The molecule has 3 aromatic heterocycles. The maximum atomic E-state index is 13.5. The summed E-state index contributed by atoms with van der Waals surface area (Å²) in [6.45, 7) is 3.21. The third-order valence-electron chi connectivity index (χ3n) is 9.85. The Labute approximate surface area is 365 Å². The average Bonchev–Trinajstić information content (AvgIpc) is 3.78. The summed E-state index contributed by atoms with van der Waals surface area (Å²) in [5.74, 6) is 0.883. The van der Waals surface area contributed by atoms with Gasteiger partial charge in [-0.05, 0) is 66.2 Å². The number of hydrogen-bond acceptors (Lipinski definition) is 13. The van der Waals surface area contributed by atoms with Crippen molar-refractivity contribution in [1.29, 1.82) is 0 Å². The summed E-state index contributed by atoms with van der Waals surface area (Å²) in [4.78, 5) is 37.6. The molecular formula is C49H43N3O12. The molecule has 0 fully saturated rings. The molecule has 0 aliphatic rings. The lowest BCUT2D eigenvalue weighted by molar-refractivity contribution is 0.0333. The maximum Gasteiger partial charge on any atom is 0.335 e. The number of carboxylic acid groups (broad SMARTS) is 1. The van der Waals surface area contributed by atoms with Gasteiger partial charge in [0, 0.05) is 23.3 Å². The molecule has 8 rings (SSSR count). The van der Waals surface area contributed by atoms with Crippen LogP contribution in [0, 0.1) is 0 Å². The van der Waals surface area contributed by atoms with Crippen LogP contribution in [0.2, 0.25) is 0 Å². The van der Waals surface area contributed by atoms with E-state index >= 15 is 0 Å². The first-order valence-corrected chi connectivity index (χ1v) is 20.5. The number of ether oxygens (including phenoxy) is 6. The Morgan fingerprint density at radius 1 is 0.609 bits per heavy atom. The number of nitrogens with zero attached hydrogens (tertiary/aromatic N) is 3. The molecule has 0 spiro atoms. The molecule has 0 saturated heterocycles. The summed E-state index contributed by atoms with van der Waals surface area (Å²) in [6.07, 6.45) is 1.80. The van der Waals surface area contributed by atoms with Crippen LogP contribution >= 0.6 is 0 Å². The van der Waals surface area contributed by atoms with Gasteiger partial charge in [0.2, 0.25) is 11.2 Å². The van der Waals surface area contributed by atoms with Crippen LogP contribution in [0.15, 0.2) is 152 Å². The highest BCUT2D eigenvalue weighted by Gasteiger charge is 2.19. The van der Waals surface area contributed by atoms with Crippen molar-refractivity contribution in [2.45, 2.75) is 19.8 Å². The highest BCUT2D eigenvalue weighted by molar-refractivity contribution is 5.87. The molecule has 0 aliphatic heterocycles. The zero-order chi connectivity index (χ0) is 44.1. The van der Waals surface area contributed by atoms with E-state index in [0.717, 1.165) is 5.56 Å². The number of fused-ring (bicyclic) bond motifs is 2. The molecule has 1 N–H and O–H groups in total. The topological polar surface area (TPSA) is 184 Å². The fraction of sp³-hybridized carbons (Fsp3) is 0.204. The second-order valence-electron chi connectivity index (χ2n) is 14.4. The lowest BCUT2D eigenvalue weighted by Crippen LogP contribution is -2.13. The lowest BCUT2D eigenvalue weighted by Gasteiger charge is -2.13. The number of hydrogen-bond donors (Lipinski definition) is 1. The Hall–Kier alpha value is -7.59. The smallest absolute Gasteiger partial charge is 0.335 e. The van der Waals surface area contributed by atoms with Gasteiger partial charge in [0.15, 0.2) is 11.2 Å². The van der Waals surface area contributed by atoms with E-state index < -0.39 is 5.97 Å². The summed E-state index contributed by atoms with van der Waals surface area (Å²) in [6, 6.07) is 36.4. The minimum Gasteiger partial charge on any atom is -0.491 e. The summed E-state index contributed by atoms with van der Waals surface area (Å²) < 4.78 is 48.6. The SMILES string of the molecule is O=C(O)c1cccc(COc2c(-c3ccc(OCCOCCOCCn4cc(COCCOc5ccc6c(=O)cc(-c7ccccc7)oc6c5)nn4)cc3)oc3ccccc3c2=O)c1. The molecule has 3 heterocycles. The quantitative estimate of drug-likeness (QED) is 0.0651. The van der Waals surface area contributed by atoms with Gasteiger partial charge < -0.3 is 42.4 Å². The Kier molecular flexibility index (Phi) is 14.1. The molecule has 0 unspecified atom stereocenters. The third kappa shape index (κ3) is 11.1. The average molecular weight is 866 g/mol. The van der Waals surface area contributed by atoms with Crippen molar-refractivity contribution in [2.24, 2.45) is 0 Å². The molecular weight excluding hydrogens is 823 g/mol. The van der Waals surface area contributed by atoms with Gasteiger partial charge in [-0.2, -0.15) is 0 Å². The van der Waals surface area contributed by atoms with E-state index in [9.17, 15) is 19.5 Å². The Morgan fingerprint density at radius 3 is 2.17 bits per heavy atom. The molecule has 0 saturated carbocycles. The largest absolute Gasteiger partial charge is 0.491 e. The maximum absolute atomic E-state index is 13.5. The normalized spacial score (nSPS) is 11.2. The molecule has 15 nitrogen and oxygen atoms in total. The predicted octanol–water partition coefficient (Wildman–Crippen LogP) is 7.81. The monoisotopic (exact) mass is 865 g/mol. The Morgan fingerprint density at radius 2 is 1.34 bits per heavy atom. The summed E-state index contributed by atoms with van der Waals surface area (Å²) >= 11 is 0. The van der Waals surface area contributed by atoms with Crippen LogP contribution in [-0.2, 0) is 34.0 Å². The van der Waals surface area contributed by atoms with E-state index in [4.69, 9.17) is 37.3 Å². The van der Waals surface area contributed by atoms with Crippen molar-refractivity contribution >= 4 is 27.9 Å². The third-order valence-corrected chi connectivity index (χ3v) is 9.85. The molecule has 0 bridgehead atoms. The highest BCUT2D eigenvalue weighted by atomic mass is 16.5. The van der Waals surface area contributed by atoms with Gasteiger partial charge in [0.25, 0.3) is 0 Å². The Bertz CT molecular complexity index is 2950. The molecule has 0 amide bonds. The van der Waals surface area contributed by atoms with Crippen molar-refractivity contribution in [1.82, 2.24) is 15.0 Å². The molecule has 0 aliphatic carbocycles. The van der Waals surface area contributed by atoms with Crippen molar-refractivity contribution in [3.63, 3.8) is 0 Å². The van der Waals surface area contributed by atoms with Crippen LogP contribution in [0.5, 0.6) is 17.2 Å². The molecule has 326 valence electrons. The second-order valence-corrected chi connectivity index (χ2v) is 14.4. The van der Waals surface area contributed by atoms with Crippen molar-refractivity contribution < 1.29 is 47.2 Å². The molecule has 8 aromatic rings. The highest BCUT2D eigenvalue weighted by Crippen LogP contribution is 2.33. The van der Waals surface area contributed by atoms with E-state index in [2.05, 4.69) is 10.3 Å². The van der Waals surface area contributed by atoms with E-state index in [-0.39, 0.29) is 41.1 Å². The molecule has 5 aromatic carbocycles. The van der Waals surface area contributed by atoms with E-state index in [1.54, 1.807) is 89.7 Å². The summed E-state index contributed by atoms with van der Waals surface area (Å²) in [5, 5.41) is 18.5. The van der Waals surface area contributed by atoms with Gasteiger partial charge in [0.1, 0.15) is 53.9 Å². The van der Waals surface area contributed by atoms with E-state index in [1.165, 1.54) is 18.2 Å². The minimum atomic E-state index is -1.05.